The lowest BCUT2D eigenvalue weighted by molar-refractivity contribution is -0.205. The lowest BCUT2D eigenvalue weighted by Gasteiger charge is -2.28. The summed E-state index contributed by atoms with van der Waals surface area (Å²) in [7, 11) is 0. The molecule has 0 saturated carbocycles. The van der Waals surface area contributed by atoms with E-state index in [0.717, 1.165) is 51.4 Å². The average molecular weight is 585 g/mol. The van der Waals surface area contributed by atoms with Gasteiger partial charge in [0.1, 0.15) is 5.54 Å². The molecule has 41 heavy (non-hydrogen) atoms. The Kier molecular flexibility index (Phi) is 14.7. The van der Waals surface area contributed by atoms with Crippen LogP contribution in [0.5, 0.6) is 0 Å². The average Bonchev–Trinajstić information content (AvgIpc) is 3.15. The Balaban J connectivity index is 1.73. The zero-order chi connectivity index (χ0) is 30.4. The van der Waals surface area contributed by atoms with Gasteiger partial charge in [0.2, 0.25) is 0 Å². The molecule has 0 aliphatic carbocycles. The summed E-state index contributed by atoms with van der Waals surface area (Å²) >= 11 is 0. The predicted molar refractivity (Wildman–Crippen MR) is 152 cm³/mol. The molecule has 11 heteroatoms. The summed E-state index contributed by atoms with van der Waals surface area (Å²) in [5.41, 5.74) is -2.71. The van der Waals surface area contributed by atoms with Crippen LogP contribution in [0.25, 0.3) is 0 Å². The van der Waals surface area contributed by atoms with Crippen LogP contribution in [0.1, 0.15) is 105 Å². The molecule has 2 heterocycles. The summed E-state index contributed by atoms with van der Waals surface area (Å²) in [6.45, 7) is 9.74. The largest absolute Gasteiger partial charge is 0.481 e. The number of hydrogen-bond donors (Lipinski definition) is 2. The molecule has 0 radical (unpaired) electrons. The number of carbonyl (C=O) groups is 4. The van der Waals surface area contributed by atoms with Crippen LogP contribution in [0.3, 0.4) is 0 Å². The first-order chi connectivity index (χ1) is 19.4. The highest BCUT2D eigenvalue weighted by atomic mass is 16.7. The number of imide groups is 1. The number of aliphatic carboxylic acids is 1. The summed E-state index contributed by atoms with van der Waals surface area (Å²) < 4.78 is 16.5. The number of hydrogen-bond acceptors (Lipinski definition) is 9. The zero-order valence-electron chi connectivity index (χ0n) is 25.6. The van der Waals surface area contributed by atoms with Gasteiger partial charge in [-0.15, -0.1) is 5.06 Å². The van der Waals surface area contributed by atoms with E-state index in [9.17, 15) is 24.3 Å². The molecular formula is C30H52N2O9. The van der Waals surface area contributed by atoms with Gasteiger partial charge >= 0.3 is 11.9 Å². The van der Waals surface area contributed by atoms with E-state index in [0.29, 0.717) is 57.5 Å². The number of ether oxygens (including phenoxy) is 3. The van der Waals surface area contributed by atoms with Crippen LogP contribution in [-0.4, -0.2) is 85.6 Å². The van der Waals surface area contributed by atoms with Crippen molar-refractivity contribution >= 4 is 23.8 Å². The number of nitrogens with zero attached hydrogens (tertiary/aromatic N) is 1. The molecule has 1 spiro atoms. The second-order valence-electron chi connectivity index (χ2n) is 12.5. The smallest absolute Gasteiger partial charge is 0.338 e. The van der Waals surface area contributed by atoms with Crippen molar-refractivity contribution in [3.63, 3.8) is 0 Å². The molecule has 0 aromatic heterocycles. The van der Waals surface area contributed by atoms with Crippen LogP contribution in [0.15, 0.2) is 0 Å². The number of unbranched alkanes of at least 4 members (excludes halogenated alkanes) is 7. The minimum absolute atomic E-state index is 0.114. The SMILES string of the molecule is CC(C)(CCCCCCCCCCC(C)(C)C(=O)ON1C(=O)CC2(CCOCCOCCOCCN2)C1=O)C(=O)O. The number of amides is 2. The van der Waals surface area contributed by atoms with Crippen LogP contribution in [0, 0.1) is 10.8 Å². The molecule has 1 atom stereocenters. The Bertz CT molecular complexity index is 845. The van der Waals surface area contributed by atoms with E-state index in [4.69, 9.17) is 19.0 Å². The van der Waals surface area contributed by atoms with Gasteiger partial charge in [0.15, 0.2) is 0 Å². The summed E-state index contributed by atoms with van der Waals surface area (Å²) in [4.78, 5) is 55.8. The van der Waals surface area contributed by atoms with Crippen LogP contribution in [0.4, 0.5) is 0 Å². The summed E-state index contributed by atoms with van der Waals surface area (Å²) in [6.07, 6.45) is 9.56. The highest BCUT2D eigenvalue weighted by Gasteiger charge is 2.54. The molecule has 2 fully saturated rings. The second kappa shape index (κ2) is 17.1. The van der Waals surface area contributed by atoms with Gasteiger partial charge in [-0.2, -0.15) is 0 Å². The first kappa shape index (κ1) is 35.1. The van der Waals surface area contributed by atoms with Crippen LogP contribution in [-0.2, 0) is 38.2 Å². The molecule has 0 aromatic carbocycles. The van der Waals surface area contributed by atoms with E-state index in [1.165, 1.54) is 0 Å². The third-order valence-corrected chi connectivity index (χ3v) is 8.06. The summed E-state index contributed by atoms with van der Waals surface area (Å²) in [5.74, 6) is -2.46. The third-order valence-electron chi connectivity index (χ3n) is 8.06. The van der Waals surface area contributed by atoms with Gasteiger partial charge in [-0.3, -0.25) is 14.4 Å². The quantitative estimate of drug-likeness (QED) is 0.227. The van der Waals surface area contributed by atoms with Gasteiger partial charge in [0, 0.05) is 13.2 Å². The van der Waals surface area contributed by atoms with Gasteiger partial charge in [-0.05, 0) is 47.0 Å². The lowest BCUT2D eigenvalue weighted by Crippen LogP contribution is -2.54. The van der Waals surface area contributed by atoms with E-state index in [1.807, 2.05) is 0 Å². The van der Waals surface area contributed by atoms with Gasteiger partial charge in [0.25, 0.3) is 11.8 Å². The summed E-state index contributed by atoms with van der Waals surface area (Å²) in [6, 6.07) is 0. The Labute approximate surface area is 244 Å². The highest BCUT2D eigenvalue weighted by molar-refractivity contribution is 6.08. The Morgan fingerprint density at radius 2 is 1.29 bits per heavy atom. The molecule has 2 aliphatic heterocycles. The molecule has 0 bridgehead atoms. The van der Waals surface area contributed by atoms with Crippen molar-refractivity contribution in [1.82, 2.24) is 10.4 Å². The van der Waals surface area contributed by atoms with E-state index < -0.39 is 40.1 Å². The molecule has 236 valence electrons. The maximum absolute atomic E-state index is 13.4. The van der Waals surface area contributed by atoms with E-state index >= 15 is 0 Å². The molecule has 0 aromatic rings. The van der Waals surface area contributed by atoms with E-state index in [-0.39, 0.29) is 19.4 Å². The fourth-order valence-electron chi connectivity index (χ4n) is 4.99. The molecule has 2 rings (SSSR count). The minimum atomic E-state index is -1.20. The van der Waals surface area contributed by atoms with Gasteiger partial charge in [0.05, 0.1) is 50.3 Å². The normalized spacial score (nSPS) is 21.8. The molecule has 11 nitrogen and oxygen atoms in total. The summed E-state index contributed by atoms with van der Waals surface area (Å²) in [5, 5.41) is 13.0. The second-order valence-corrected chi connectivity index (χ2v) is 12.5. The fraction of sp³-hybridized carbons (Fsp3) is 0.867. The predicted octanol–water partition coefficient (Wildman–Crippen LogP) is 4.02. The zero-order valence-corrected chi connectivity index (χ0v) is 25.6. The molecule has 1 unspecified atom stereocenters. The number of rotatable bonds is 14. The number of carboxylic acids is 1. The van der Waals surface area contributed by atoms with Crippen LogP contribution >= 0.6 is 0 Å². The van der Waals surface area contributed by atoms with Crippen LogP contribution in [0.2, 0.25) is 0 Å². The molecule has 2 aliphatic rings. The minimum Gasteiger partial charge on any atom is -0.481 e. The maximum Gasteiger partial charge on any atom is 0.338 e. The van der Waals surface area contributed by atoms with Crippen LogP contribution < -0.4 is 5.32 Å². The van der Waals surface area contributed by atoms with Gasteiger partial charge < -0.3 is 29.5 Å². The van der Waals surface area contributed by atoms with Crippen molar-refractivity contribution in [2.45, 2.75) is 110 Å². The maximum atomic E-state index is 13.4. The van der Waals surface area contributed by atoms with E-state index in [1.54, 1.807) is 27.7 Å². The number of nitrogens with one attached hydrogen (secondary N) is 1. The topological polar surface area (TPSA) is 141 Å². The highest BCUT2D eigenvalue weighted by Crippen LogP contribution is 2.32. The monoisotopic (exact) mass is 584 g/mol. The van der Waals surface area contributed by atoms with Crippen molar-refractivity contribution < 1.29 is 43.3 Å². The van der Waals surface area contributed by atoms with Crippen molar-refractivity contribution in [2.75, 3.05) is 46.2 Å². The molecular weight excluding hydrogens is 532 g/mol. The first-order valence-electron chi connectivity index (χ1n) is 15.2. The van der Waals surface area contributed by atoms with E-state index in [2.05, 4.69) is 5.32 Å². The first-order valence-corrected chi connectivity index (χ1v) is 15.2. The fourth-order valence-corrected chi connectivity index (χ4v) is 4.99. The van der Waals surface area contributed by atoms with Gasteiger partial charge in [-0.25, -0.2) is 4.79 Å². The van der Waals surface area contributed by atoms with Crippen molar-refractivity contribution in [2.24, 2.45) is 10.8 Å². The molecule has 2 saturated heterocycles. The lowest BCUT2D eigenvalue weighted by atomic mass is 9.86. The van der Waals surface area contributed by atoms with Gasteiger partial charge in [-0.1, -0.05) is 51.4 Å². The Hall–Kier alpha value is -2.08. The van der Waals surface area contributed by atoms with Crippen molar-refractivity contribution in [3.05, 3.63) is 0 Å². The number of hydroxylamine groups is 2. The Morgan fingerprint density at radius 1 is 0.805 bits per heavy atom. The van der Waals surface area contributed by atoms with Crippen molar-refractivity contribution in [1.29, 1.82) is 0 Å². The number of carboxylic acid groups (broad SMARTS) is 1. The molecule has 2 N–H and O–H groups in total. The third kappa shape index (κ3) is 11.6. The molecule has 2 amide bonds. The standard InChI is InChI=1S/C30H52N2O9/c1-28(2,26(35)36)13-11-9-7-5-6-8-10-12-14-29(3,4)27(37)41-32-24(33)23-30(25(32)34)15-17-38-19-21-40-22-20-39-18-16-31-30/h31H,5-23H2,1-4H3,(H,35,36). The van der Waals surface area contributed by atoms with Crippen molar-refractivity contribution in [3.8, 4) is 0 Å². The Morgan fingerprint density at radius 3 is 1.85 bits per heavy atom. The number of carbonyl (C=O) groups excluding carboxylic acids is 3.